The number of ether oxygens (including phenoxy) is 1. The highest BCUT2D eigenvalue weighted by Gasteiger charge is 2.16. The Morgan fingerprint density at radius 3 is 2.79 bits per heavy atom. The smallest absolute Gasteiger partial charge is 0.188 e. The molecule has 0 N–H and O–H groups in total. The van der Waals surface area contributed by atoms with Crippen molar-refractivity contribution in [1.82, 2.24) is 0 Å². The molecule has 0 radical (unpaired) electrons. The first-order valence-electron chi connectivity index (χ1n) is 5.12. The van der Waals surface area contributed by atoms with Crippen molar-refractivity contribution in [2.24, 2.45) is 4.99 Å². The van der Waals surface area contributed by atoms with Gasteiger partial charge in [-0.05, 0) is 12.0 Å². The van der Waals surface area contributed by atoms with Gasteiger partial charge in [-0.25, -0.2) is 4.99 Å². The van der Waals surface area contributed by atoms with Gasteiger partial charge in [-0.15, -0.1) is 0 Å². The first-order valence-corrected chi connectivity index (χ1v) is 5.12. The van der Waals surface area contributed by atoms with Crippen molar-refractivity contribution >= 4 is 5.90 Å². The van der Waals surface area contributed by atoms with Gasteiger partial charge in [0.2, 0.25) is 0 Å². The topological polar surface area (TPSA) is 21.6 Å². The van der Waals surface area contributed by atoms with Gasteiger partial charge in [-0.1, -0.05) is 37.3 Å². The van der Waals surface area contributed by atoms with Gasteiger partial charge in [0.25, 0.3) is 0 Å². The highest BCUT2D eigenvalue weighted by Crippen LogP contribution is 2.11. The fourth-order valence-electron chi connectivity index (χ4n) is 1.55. The summed E-state index contributed by atoms with van der Waals surface area (Å²) < 4.78 is 5.51. The molecule has 0 aromatic heterocycles. The number of hydrogen-bond donors (Lipinski definition) is 0. The third kappa shape index (κ3) is 2.13. The maximum atomic E-state index is 5.51. The standard InChI is InChI=1S/C12H15NO/c1-2-11-9-14-12(13-11)8-10-6-4-3-5-7-10/h3-7,11H,2,8-9H2,1H3. The molecular weight excluding hydrogens is 174 g/mol. The van der Waals surface area contributed by atoms with Crippen LogP contribution in [0.15, 0.2) is 35.3 Å². The normalized spacial score (nSPS) is 20.4. The highest BCUT2D eigenvalue weighted by molar-refractivity contribution is 5.80. The lowest BCUT2D eigenvalue weighted by Gasteiger charge is -2.00. The molecule has 0 spiro atoms. The molecule has 2 nitrogen and oxygen atoms in total. The average molecular weight is 189 g/mol. The first kappa shape index (κ1) is 9.25. The number of aliphatic imine (C=N–C) groups is 1. The van der Waals surface area contributed by atoms with E-state index in [9.17, 15) is 0 Å². The zero-order valence-electron chi connectivity index (χ0n) is 8.44. The molecule has 0 fully saturated rings. The average Bonchev–Trinajstić information content (AvgIpc) is 2.67. The van der Waals surface area contributed by atoms with Crippen molar-refractivity contribution < 1.29 is 4.74 Å². The Morgan fingerprint density at radius 1 is 1.36 bits per heavy atom. The van der Waals surface area contributed by atoms with E-state index < -0.39 is 0 Å². The summed E-state index contributed by atoms with van der Waals surface area (Å²) in [5.41, 5.74) is 1.27. The summed E-state index contributed by atoms with van der Waals surface area (Å²) in [7, 11) is 0. The third-order valence-electron chi connectivity index (χ3n) is 2.44. The number of nitrogens with zero attached hydrogens (tertiary/aromatic N) is 1. The molecule has 1 aliphatic heterocycles. The Hall–Kier alpha value is -1.31. The van der Waals surface area contributed by atoms with E-state index in [0.717, 1.165) is 25.3 Å². The minimum atomic E-state index is 0.383. The Kier molecular flexibility index (Phi) is 2.82. The monoisotopic (exact) mass is 189 g/mol. The van der Waals surface area contributed by atoms with E-state index in [1.807, 2.05) is 18.2 Å². The molecule has 1 aromatic rings. The van der Waals surface area contributed by atoms with E-state index in [1.165, 1.54) is 5.56 Å². The lowest BCUT2D eigenvalue weighted by atomic mass is 10.1. The van der Waals surface area contributed by atoms with Crippen molar-refractivity contribution in [2.75, 3.05) is 6.61 Å². The summed E-state index contributed by atoms with van der Waals surface area (Å²) in [5, 5.41) is 0. The second kappa shape index (κ2) is 4.27. The molecule has 0 bridgehead atoms. The summed E-state index contributed by atoms with van der Waals surface area (Å²) in [6.07, 6.45) is 1.90. The van der Waals surface area contributed by atoms with Crippen LogP contribution in [0.1, 0.15) is 18.9 Å². The van der Waals surface area contributed by atoms with E-state index in [0.29, 0.717) is 6.04 Å². The van der Waals surface area contributed by atoms with Crippen LogP contribution in [0.4, 0.5) is 0 Å². The van der Waals surface area contributed by atoms with Crippen molar-refractivity contribution in [1.29, 1.82) is 0 Å². The maximum absolute atomic E-state index is 5.51. The van der Waals surface area contributed by atoms with Crippen LogP contribution >= 0.6 is 0 Å². The molecule has 0 aliphatic carbocycles. The minimum Gasteiger partial charge on any atom is -0.478 e. The van der Waals surface area contributed by atoms with Crippen LogP contribution < -0.4 is 0 Å². The fourth-order valence-corrected chi connectivity index (χ4v) is 1.55. The first-order chi connectivity index (χ1) is 6.88. The van der Waals surface area contributed by atoms with Gasteiger partial charge in [-0.3, -0.25) is 0 Å². The van der Waals surface area contributed by atoms with E-state index in [4.69, 9.17) is 4.74 Å². The van der Waals surface area contributed by atoms with Crippen LogP contribution in [-0.2, 0) is 11.2 Å². The van der Waals surface area contributed by atoms with Crippen LogP contribution in [-0.4, -0.2) is 18.5 Å². The highest BCUT2D eigenvalue weighted by atomic mass is 16.5. The van der Waals surface area contributed by atoms with Crippen molar-refractivity contribution in [3.63, 3.8) is 0 Å². The van der Waals surface area contributed by atoms with Gasteiger partial charge in [0, 0.05) is 6.42 Å². The van der Waals surface area contributed by atoms with Gasteiger partial charge >= 0.3 is 0 Å². The van der Waals surface area contributed by atoms with Gasteiger partial charge < -0.3 is 4.74 Å². The van der Waals surface area contributed by atoms with Crippen molar-refractivity contribution in [2.45, 2.75) is 25.8 Å². The second-order valence-electron chi connectivity index (χ2n) is 3.56. The Labute approximate surface area is 84.6 Å². The summed E-state index contributed by atoms with van der Waals surface area (Å²) in [6.45, 7) is 2.90. The summed E-state index contributed by atoms with van der Waals surface area (Å²) in [6, 6.07) is 10.7. The SMILES string of the molecule is CCC1COC(Cc2ccccc2)=N1. The molecule has 1 aromatic carbocycles. The molecule has 0 saturated heterocycles. The van der Waals surface area contributed by atoms with Gasteiger partial charge in [0.15, 0.2) is 5.90 Å². The van der Waals surface area contributed by atoms with Gasteiger partial charge in [-0.2, -0.15) is 0 Å². The zero-order chi connectivity index (χ0) is 9.80. The maximum Gasteiger partial charge on any atom is 0.188 e. The summed E-state index contributed by atoms with van der Waals surface area (Å²) in [4.78, 5) is 4.50. The Morgan fingerprint density at radius 2 is 2.14 bits per heavy atom. The molecule has 1 heterocycles. The summed E-state index contributed by atoms with van der Waals surface area (Å²) in [5.74, 6) is 0.892. The zero-order valence-corrected chi connectivity index (χ0v) is 8.44. The van der Waals surface area contributed by atoms with E-state index >= 15 is 0 Å². The fraction of sp³-hybridized carbons (Fsp3) is 0.417. The van der Waals surface area contributed by atoms with Crippen LogP contribution in [0.2, 0.25) is 0 Å². The minimum absolute atomic E-state index is 0.383. The molecule has 0 saturated carbocycles. The largest absolute Gasteiger partial charge is 0.478 e. The van der Waals surface area contributed by atoms with E-state index in [2.05, 4.69) is 24.0 Å². The predicted molar refractivity (Wildman–Crippen MR) is 57.6 cm³/mol. The van der Waals surface area contributed by atoms with E-state index in [-0.39, 0.29) is 0 Å². The predicted octanol–water partition coefficient (Wildman–Crippen LogP) is 2.44. The van der Waals surface area contributed by atoms with Crippen LogP contribution in [0.25, 0.3) is 0 Å². The molecule has 2 rings (SSSR count). The number of rotatable bonds is 3. The molecule has 1 aliphatic rings. The quantitative estimate of drug-likeness (QED) is 0.715. The lowest BCUT2D eigenvalue weighted by molar-refractivity contribution is 0.309. The molecule has 2 heteroatoms. The Bertz CT molecular complexity index is 318. The molecular formula is C12H15NO. The van der Waals surface area contributed by atoms with Crippen LogP contribution in [0.3, 0.4) is 0 Å². The van der Waals surface area contributed by atoms with Crippen LogP contribution in [0.5, 0.6) is 0 Å². The van der Waals surface area contributed by atoms with Crippen molar-refractivity contribution in [3.8, 4) is 0 Å². The van der Waals surface area contributed by atoms with Gasteiger partial charge in [0.05, 0.1) is 6.04 Å². The van der Waals surface area contributed by atoms with Gasteiger partial charge in [0.1, 0.15) is 6.61 Å². The second-order valence-corrected chi connectivity index (χ2v) is 3.56. The molecule has 0 amide bonds. The van der Waals surface area contributed by atoms with E-state index in [1.54, 1.807) is 0 Å². The molecule has 74 valence electrons. The molecule has 1 unspecified atom stereocenters. The molecule has 14 heavy (non-hydrogen) atoms. The lowest BCUT2D eigenvalue weighted by Crippen LogP contribution is -2.04. The Balaban J connectivity index is 1.99. The summed E-state index contributed by atoms with van der Waals surface area (Å²) >= 11 is 0. The number of benzene rings is 1. The van der Waals surface area contributed by atoms with Crippen LogP contribution in [0, 0.1) is 0 Å². The van der Waals surface area contributed by atoms with Crippen molar-refractivity contribution in [3.05, 3.63) is 35.9 Å². The number of hydrogen-bond acceptors (Lipinski definition) is 2. The molecule has 1 atom stereocenters. The third-order valence-corrected chi connectivity index (χ3v) is 2.44.